The van der Waals surface area contributed by atoms with Gasteiger partial charge in [0.2, 0.25) is 0 Å². The van der Waals surface area contributed by atoms with Crippen LogP contribution in [-0.4, -0.2) is 54.8 Å². The van der Waals surface area contributed by atoms with E-state index in [0.717, 1.165) is 54.8 Å². The minimum atomic E-state index is 0.284. The first-order valence-electron chi connectivity index (χ1n) is 11.8. The van der Waals surface area contributed by atoms with E-state index in [0.29, 0.717) is 22.3 Å². The largest absolute Gasteiger partial charge is 0.493 e. The molecular weight excluding hydrogens is 448 g/mol. The molecule has 1 atom stereocenters. The zero-order valence-electron chi connectivity index (χ0n) is 20.8. The van der Waals surface area contributed by atoms with E-state index in [2.05, 4.69) is 31.0 Å². The van der Waals surface area contributed by atoms with Crippen LogP contribution in [0.4, 0.5) is 5.82 Å². The third-order valence-corrected chi connectivity index (χ3v) is 6.13. The van der Waals surface area contributed by atoms with Crippen molar-refractivity contribution in [3.63, 3.8) is 0 Å². The molecule has 0 aliphatic heterocycles. The summed E-state index contributed by atoms with van der Waals surface area (Å²) >= 11 is 6.26. The molecule has 2 aromatic carbocycles. The summed E-state index contributed by atoms with van der Waals surface area (Å²) in [5, 5.41) is 5.22. The third-order valence-electron chi connectivity index (χ3n) is 5.90. The summed E-state index contributed by atoms with van der Waals surface area (Å²) in [7, 11) is 3.25. The molecule has 0 bridgehead atoms. The van der Waals surface area contributed by atoms with Gasteiger partial charge in [0.1, 0.15) is 5.82 Å². The number of hydrogen-bond acceptors (Lipinski definition) is 6. The van der Waals surface area contributed by atoms with Crippen molar-refractivity contribution in [2.45, 2.75) is 39.7 Å². The number of halogens is 1. The van der Waals surface area contributed by atoms with Gasteiger partial charge in [-0.2, -0.15) is 0 Å². The van der Waals surface area contributed by atoms with Crippen LogP contribution in [-0.2, 0) is 0 Å². The summed E-state index contributed by atoms with van der Waals surface area (Å²) in [5.74, 6) is 2.81. The van der Waals surface area contributed by atoms with Gasteiger partial charge in [-0.05, 0) is 81.4 Å². The van der Waals surface area contributed by atoms with Crippen molar-refractivity contribution < 1.29 is 9.47 Å². The van der Waals surface area contributed by atoms with Gasteiger partial charge in [-0.25, -0.2) is 9.97 Å². The van der Waals surface area contributed by atoms with Gasteiger partial charge in [0.25, 0.3) is 0 Å². The number of ether oxygens (including phenoxy) is 2. The van der Waals surface area contributed by atoms with Crippen LogP contribution in [0.1, 0.15) is 45.0 Å². The quantitative estimate of drug-likeness (QED) is 0.322. The first kappa shape index (κ1) is 25.8. The molecule has 1 aromatic heterocycles. The number of fused-ring (bicyclic) bond motifs is 1. The molecule has 0 spiro atoms. The number of benzene rings is 2. The van der Waals surface area contributed by atoms with Crippen LogP contribution in [0, 0.1) is 0 Å². The topological polar surface area (TPSA) is 59.5 Å². The lowest BCUT2D eigenvalue weighted by atomic mass is 10.1. The predicted octanol–water partition coefficient (Wildman–Crippen LogP) is 6.39. The smallest absolute Gasteiger partial charge is 0.161 e. The van der Waals surface area contributed by atoms with Crippen LogP contribution in [0.15, 0.2) is 36.4 Å². The molecule has 1 N–H and O–H groups in total. The molecular formula is C27H35ClN4O2. The van der Waals surface area contributed by atoms with Gasteiger partial charge in [0.15, 0.2) is 17.3 Å². The minimum Gasteiger partial charge on any atom is -0.493 e. The normalized spacial score (nSPS) is 12.4. The zero-order chi connectivity index (χ0) is 24.5. The van der Waals surface area contributed by atoms with Gasteiger partial charge in [0.05, 0.1) is 19.7 Å². The van der Waals surface area contributed by atoms with Crippen LogP contribution in [0.25, 0.3) is 23.1 Å². The average molecular weight is 483 g/mol. The summed E-state index contributed by atoms with van der Waals surface area (Å²) in [5.41, 5.74) is 1.78. The maximum atomic E-state index is 6.26. The van der Waals surface area contributed by atoms with Crippen molar-refractivity contribution in [1.29, 1.82) is 0 Å². The van der Waals surface area contributed by atoms with Crippen molar-refractivity contribution in [1.82, 2.24) is 14.9 Å². The van der Waals surface area contributed by atoms with Crippen molar-refractivity contribution in [3.05, 3.63) is 52.8 Å². The second-order valence-corrected chi connectivity index (χ2v) is 8.69. The Balaban J connectivity index is 1.82. The van der Waals surface area contributed by atoms with Gasteiger partial charge in [-0.3, -0.25) is 0 Å². The summed E-state index contributed by atoms with van der Waals surface area (Å²) < 4.78 is 10.7. The van der Waals surface area contributed by atoms with Gasteiger partial charge >= 0.3 is 0 Å². The predicted molar refractivity (Wildman–Crippen MR) is 143 cm³/mol. The van der Waals surface area contributed by atoms with E-state index in [1.165, 1.54) is 0 Å². The maximum absolute atomic E-state index is 6.26. The van der Waals surface area contributed by atoms with Crippen LogP contribution < -0.4 is 14.8 Å². The van der Waals surface area contributed by atoms with Crippen molar-refractivity contribution in [2.75, 3.05) is 39.2 Å². The Morgan fingerprint density at radius 3 is 2.47 bits per heavy atom. The fraction of sp³-hybridized carbons (Fsp3) is 0.407. The highest BCUT2D eigenvalue weighted by molar-refractivity contribution is 6.31. The molecule has 0 fully saturated rings. The fourth-order valence-electron chi connectivity index (χ4n) is 3.90. The molecule has 1 unspecified atom stereocenters. The number of hydrogen-bond donors (Lipinski definition) is 1. The van der Waals surface area contributed by atoms with E-state index in [1.54, 1.807) is 14.2 Å². The van der Waals surface area contributed by atoms with Gasteiger partial charge in [0, 0.05) is 16.5 Å². The molecule has 3 rings (SSSR count). The fourth-order valence-corrected chi connectivity index (χ4v) is 4.07. The second kappa shape index (κ2) is 12.6. The van der Waals surface area contributed by atoms with Crippen molar-refractivity contribution in [2.24, 2.45) is 0 Å². The molecule has 0 aliphatic rings. The number of rotatable bonds is 12. The zero-order valence-corrected chi connectivity index (χ0v) is 21.5. The van der Waals surface area contributed by atoms with E-state index in [4.69, 9.17) is 31.0 Å². The number of nitrogens with zero attached hydrogens (tertiary/aromatic N) is 3. The lowest BCUT2D eigenvalue weighted by Gasteiger charge is -2.20. The lowest BCUT2D eigenvalue weighted by molar-refractivity contribution is 0.295. The van der Waals surface area contributed by atoms with E-state index in [9.17, 15) is 0 Å². The second-order valence-electron chi connectivity index (χ2n) is 8.25. The summed E-state index contributed by atoms with van der Waals surface area (Å²) in [4.78, 5) is 12.0. The molecule has 0 radical (unpaired) electrons. The summed E-state index contributed by atoms with van der Waals surface area (Å²) in [6.45, 7) is 9.90. The van der Waals surface area contributed by atoms with E-state index < -0.39 is 0 Å². The Hall–Kier alpha value is -2.83. The maximum Gasteiger partial charge on any atom is 0.161 e. The van der Waals surface area contributed by atoms with Crippen molar-refractivity contribution >= 4 is 40.5 Å². The van der Waals surface area contributed by atoms with Crippen LogP contribution >= 0.6 is 11.6 Å². The molecule has 1 heterocycles. The molecule has 0 amide bonds. The number of aromatic nitrogens is 2. The Morgan fingerprint density at radius 1 is 1.00 bits per heavy atom. The molecule has 34 heavy (non-hydrogen) atoms. The van der Waals surface area contributed by atoms with Crippen molar-refractivity contribution in [3.8, 4) is 11.5 Å². The molecule has 3 aromatic rings. The Morgan fingerprint density at radius 2 is 1.76 bits per heavy atom. The minimum absolute atomic E-state index is 0.284. The first-order chi connectivity index (χ1) is 16.5. The highest BCUT2D eigenvalue weighted by Gasteiger charge is 2.11. The first-order valence-corrected chi connectivity index (χ1v) is 12.2. The molecule has 182 valence electrons. The van der Waals surface area contributed by atoms with Crippen LogP contribution in [0.5, 0.6) is 11.5 Å². The highest BCUT2D eigenvalue weighted by Crippen LogP contribution is 2.29. The summed E-state index contributed by atoms with van der Waals surface area (Å²) in [6, 6.07) is 11.8. The average Bonchev–Trinajstić information content (AvgIpc) is 2.84. The molecule has 0 saturated carbocycles. The van der Waals surface area contributed by atoms with Gasteiger partial charge < -0.3 is 19.7 Å². The van der Waals surface area contributed by atoms with Gasteiger partial charge in [-0.15, -0.1) is 0 Å². The lowest BCUT2D eigenvalue weighted by Crippen LogP contribution is -2.25. The third kappa shape index (κ3) is 6.84. The Kier molecular flexibility index (Phi) is 9.54. The molecule has 7 heteroatoms. The van der Waals surface area contributed by atoms with Gasteiger partial charge in [-0.1, -0.05) is 37.6 Å². The molecule has 6 nitrogen and oxygen atoms in total. The van der Waals surface area contributed by atoms with Crippen LogP contribution in [0.3, 0.4) is 0 Å². The van der Waals surface area contributed by atoms with E-state index in [1.807, 2.05) is 48.6 Å². The summed E-state index contributed by atoms with van der Waals surface area (Å²) in [6.07, 6.45) is 6.06. The van der Waals surface area contributed by atoms with E-state index in [-0.39, 0.29) is 6.04 Å². The van der Waals surface area contributed by atoms with Crippen LogP contribution in [0.2, 0.25) is 5.02 Å². The highest BCUT2D eigenvalue weighted by atomic mass is 35.5. The Bertz CT molecular complexity index is 1120. The number of anilines is 1. The number of methoxy groups -OCH3 is 2. The molecule has 0 aliphatic carbocycles. The van der Waals surface area contributed by atoms with E-state index >= 15 is 0 Å². The number of nitrogens with one attached hydrogen (secondary N) is 1. The monoisotopic (exact) mass is 482 g/mol. The standard InChI is InChI=1S/C27H35ClN4O2/c1-6-32(7-2)16-8-9-19(3)29-27-22-13-12-21(28)18-23(22)30-26(31-27)15-11-20-10-14-24(33-4)25(17-20)34-5/h10-15,17-19H,6-9,16H2,1-5H3,(H,29,30,31)/b15-11+. The Labute approximate surface area is 208 Å². The molecule has 0 saturated heterocycles. The SMILES string of the molecule is CCN(CC)CCCC(C)Nc1nc(/C=C/c2ccc(OC)c(OC)c2)nc2cc(Cl)ccc12.